The fraction of sp³-hybridized carbons (Fsp3) is 0.385. The Morgan fingerprint density at radius 3 is 2.67 bits per heavy atom. The van der Waals surface area contributed by atoms with Crippen molar-refractivity contribution >= 4 is 17.4 Å². The highest BCUT2D eigenvalue weighted by Crippen LogP contribution is 2.26. The molecule has 1 aromatic rings. The zero-order valence-electron chi connectivity index (χ0n) is 11.1. The van der Waals surface area contributed by atoms with Gasteiger partial charge in [-0.15, -0.1) is 0 Å². The summed E-state index contributed by atoms with van der Waals surface area (Å²) in [5.74, 6) is 0.277. The van der Waals surface area contributed by atoms with Crippen molar-refractivity contribution in [3.63, 3.8) is 0 Å². The summed E-state index contributed by atoms with van der Waals surface area (Å²) in [7, 11) is 3.34. The van der Waals surface area contributed by atoms with E-state index in [0.29, 0.717) is 18.1 Å². The van der Waals surface area contributed by atoms with Gasteiger partial charge < -0.3 is 9.47 Å². The number of carbonyl (C=O) groups is 1. The van der Waals surface area contributed by atoms with Gasteiger partial charge in [-0.05, 0) is 26.0 Å². The van der Waals surface area contributed by atoms with Crippen molar-refractivity contribution in [1.82, 2.24) is 0 Å². The van der Waals surface area contributed by atoms with Crippen molar-refractivity contribution < 1.29 is 14.3 Å². The van der Waals surface area contributed by atoms with Gasteiger partial charge in [0.15, 0.2) is 0 Å². The first-order valence-electron chi connectivity index (χ1n) is 5.69. The molecule has 0 fully saturated rings. The van der Waals surface area contributed by atoms with Gasteiger partial charge in [-0.1, -0.05) is 12.1 Å². The Morgan fingerprint density at radius 2 is 2.06 bits per heavy atom. The predicted octanol–water partition coefficient (Wildman–Crippen LogP) is 2.07. The number of carbonyl (C=O) groups excluding carboxylic acids is 1. The van der Waals surface area contributed by atoms with Crippen LogP contribution in [0, 0.1) is 0 Å². The molecule has 1 rings (SSSR count). The van der Waals surface area contributed by atoms with Crippen molar-refractivity contribution in [2.24, 2.45) is 5.10 Å². The molecule has 0 N–H and O–H groups in total. The lowest BCUT2D eigenvalue weighted by Gasteiger charge is -2.17. The second-order valence-electron chi connectivity index (χ2n) is 3.60. The van der Waals surface area contributed by atoms with E-state index in [1.807, 2.05) is 24.3 Å². The summed E-state index contributed by atoms with van der Waals surface area (Å²) in [5, 5.41) is 5.76. The van der Waals surface area contributed by atoms with E-state index >= 15 is 0 Å². The quantitative estimate of drug-likeness (QED) is 0.456. The van der Waals surface area contributed by atoms with Gasteiger partial charge in [-0.25, -0.2) is 4.79 Å². The van der Waals surface area contributed by atoms with E-state index in [0.717, 1.165) is 5.69 Å². The number of hydrogen-bond acceptors (Lipinski definition) is 5. The van der Waals surface area contributed by atoms with Gasteiger partial charge in [0.25, 0.3) is 0 Å². The molecule has 0 bridgehead atoms. The van der Waals surface area contributed by atoms with E-state index in [1.54, 1.807) is 33.0 Å². The fourth-order valence-corrected chi connectivity index (χ4v) is 1.45. The molecule has 0 aliphatic heterocycles. The largest absolute Gasteiger partial charge is 0.495 e. The minimum atomic E-state index is -0.417. The molecule has 0 amide bonds. The zero-order valence-corrected chi connectivity index (χ0v) is 11.1. The van der Waals surface area contributed by atoms with E-state index in [-0.39, 0.29) is 0 Å². The first-order valence-corrected chi connectivity index (χ1v) is 5.69. The van der Waals surface area contributed by atoms with Crippen LogP contribution in [0.1, 0.15) is 13.8 Å². The summed E-state index contributed by atoms with van der Waals surface area (Å²) in [6.45, 7) is 3.71. The lowest BCUT2D eigenvalue weighted by atomic mass is 10.3. The molecule has 0 radical (unpaired) electrons. The lowest BCUT2D eigenvalue weighted by molar-refractivity contribution is -0.135. The molecular formula is C13H18N2O3. The van der Waals surface area contributed by atoms with Crippen molar-refractivity contribution in [3.05, 3.63) is 24.3 Å². The third-order valence-electron chi connectivity index (χ3n) is 2.30. The Bertz CT molecular complexity index is 444. The Labute approximate surface area is 107 Å². The molecule has 0 atom stereocenters. The fourth-order valence-electron chi connectivity index (χ4n) is 1.45. The van der Waals surface area contributed by atoms with Crippen LogP contribution < -0.4 is 9.75 Å². The highest BCUT2D eigenvalue weighted by Gasteiger charge is 2.10. The average molecular weight is 250 g/mol. The number of methoxy groups -OCH3 is 1. The third kappa shape index (κ3) is 3.48. The van der Waals surface area contributed by atoms with Crippen LogP contribution in [0.3, 0.4) is 0 Å². The second kappa shape index (κ2) is 6.64. The molecule has 1 aromatic carbocycles. The third-order valence-corrected chi connectivity index (χ3v) is 2.30. The van der Waals surface area contributed by atoms with Crippen molar-refractivity contribution in [1.29, 1.82) is 0 Å². The molecule has 0 saturated heterocycles. The lowest BCUT2D eigenvalue weighted by Crippen LogP contribution is -2.20. The van der Waals surface area contributed by atoms with Crippen LogP contribution in [0.25, 0.3) is 0 Å². The predicted molar refractivity (Wildman–Crippen MR) is 71.1 cm³/mol. The first kappa shape index (κ1) is 14.0. The highest BCUT2D eigenvalue weighted by molar-refractivity contribution is 6.35. The van der Waals surface area contributed by atoms with Gasteiger partial charge in [0, 0.05) is 7.05 Å². The molecule has 0 unspecified atom stereocenters. The normalized spacial score (nSPS) is 11.0. The van der Waals surface area contributed by atoms with Gasteiger partial charge in [-0.2, -0.15) is 5.10 Å². The van der Waals surface area contributed by atoms with E-state index in [1.165, 1.54) is 0 Å². The minimum Gasteiger partial charge on any atom is -0.495 e. The van der Waals surface area contributed by atoms with Gasteiger partial charge in [-0.3, -0.25) is 5.01 Å². The molecule has 0 spiro atoms. The highest BCUT2D eigenvalue weighted by atomic mass is 16.5. The van der Waals surface area contributed by atoms with E-state index in [9.17, 15) is 4.79 Å². The number of nitrogens with zero attached hydrogens (tertiary/aromatic N) is 2. The summed E-state index contributed by atoms with van der Waals surface area (Å²) < 4.78 is 10.1. The molecule has 98 valence electrons. The summed E-state index contributed by atoms with van der Waals surface area (Å²) in [5.41, 5.74) is 1.08. The molecule has 0 heterocycles. The first-order chi connectivity index (χ1) is 8.60. The maximum absolute atomic E-state index is 11.5. The van der Waals surface area contributed by atoms with Crippen LogP contribution in [-0.2, 0) is 9.53 Å². The molecule has 18 heavy (non-hydrogen) atoms. The van der Waals surface area contributed by atoms with Gasteiger partial charge in [0.1, 0.15) is 17.1 Å². The SMILES string of the molecule is CCOC(=O)/C(C)=N/N(C)c1ccccc1OC. The molecule has 0 aliphatic carbocycles. The van der Waals surface area contributed by atoms with Crippen LogP contribution in [0.5, 0.6) is 5.75 Å². The van der Waals surface area contributed by atoms with Crippen LogP contribution in [0.15, 0.2) is 29.4 Å². The number of hydrazone groups is 1. The second-order valence-corrected chi connectivity index (χ2v) is 3.60. The average Bonchev–Trinajstić information content (AvgIpc) is 2.38. The molecule has 5 heteroatoms. The standard InChI is InChI=1S/C13H18N2O3/c1-5-18-13(16)10(2)14-15(3)11-8-6-7-9-12(11)17-4/h6-9H,5H2,1-4H3/b14-10+. The Kier molecular flexibility index (Phi) is 5.17. The van der Waals surface area contributed by atoms with Crippen LogP contribution >= 0.6 is 0 Å². The van der Waals surface area contributed by atoms with Crippen molar-refractivity contribution in [2.75, 3.05) is 25.8 Å². The van der Waals surface area contributed by atoms with Crippen LogP contribution in [0.4, 0.5) is 5.69 Å². The summed E-state index contributed by atoms with van der Waals surface area (Å²) in [6, 6.07) is 7.45. The molecule has 0 aromatic heterocycles. The van der Waals surface area contributed by atoms with E-state index in [4.69, 9.17) is 9.47 Å². The molecular weight excluding hydrogens is 232 g/mol. The number of para-hydroxylation sites is 2. The number of rotatable bonds is 5. The summed E-state index contributed by atoms with van der Waals surface area (Å²) in [4.78, 5) is 11.5. The van der Waals surface area contributed by atoms with E-state index in [2.05, 4.69) is 5.10 Å². The maximum Gasteiger partial charge on any atom is 0.354 e. The Balaban J connectivity index is 2.90. The number of hydrogen-bond donors (Lipinski definition) is 0. The monoisotopic (exact) mass is 250 g/mol. The zero-order chi connectivity index (χ0) is 13.5. The summed E-state index contributed by atoms with van der Waals surface area (Å²) in [6.07, 6.45) is 0. The smallest absolute Gasteiger partial charge is 0.354 e. The Morgan fingerprint density at radius 1 is 1.39 bits per heavy atom. The number of anilines is 1. The van der Waals surface area contributed by atoms with Gasteiger partial charge in [0.05, 0.1) is 13.7 Å². The molecule has 5 nitrogen and oxygen atoms in total. The topological polar surface area (TPSA) is 51.1 Å². The number of ether oxygens (including phenoxy) is 2. The van der Waals surface area contributed by atoms with Crippen molar-refractivity contribution in [3.8, 4) is 5.75 Å². The Hall–Kier alpha value is -2.04. The van der Waals surface area contributed by atoms with Crippen molar-refractivity contribution in [2.45, 2.75) is 13.8 Å². The molecule has 0 aliphatic rings. The van der Waals surface area contributed by atoms with Gasteiger partial charge in [0.2, 0.25) is 0 Å². The van der Waals surface area contributed by atoms with Crippen LogP contribution in [0.2, 0.25) is 0 Å². The van der Waals surface area contributed by atoms with Gasteiger partial charge >= 0.3 is 5.97 Å². The number of esters is 1. The minimum absolute atomic E-state index is 0.297. The number of benzene rings is 1. The van der Waals surface area contributed by atoms with E-state index < -0.39 is 5.97 Å². The van der Waals surface area contributed by atoms with Crippen LogP contribution in [-0.4, -0.2) is 32.4 Å². The molecule has 0 saturated carbocycles. The maximum atomic E-state index is 11.5. The summed E-state index contributed by atoms with van der Waals surface area (Å²) >= 11 is 0.